The summed E-state index contributed by atoms with van der Waals surface area (Å²) in [5.41, 5.74) is 5.08. The van der Waals surface area contributed by atoms with Gasteiger partial charge in [-0.3, -0.25) is 4.57 Å². The first-order valence-electron chi connectivity index (χ1n) is 4.72. The van der Waals surface area contributed by atoms with E-state index in [1.807, 2.05) is 0 Å². The average Bonchev–Trinajstić information content (AvgIpc) is 2.62. The maximum atomic E-state index is 13.8. The third kappa shape index (κ3) is 2.57. The molecule has 0 saturated heterocycles. The maximum absolute atomic E-state index is 13.8. The lowest BCUT2D eigenvalue weighted by Gasteiger charge is -2.09. The van der Waals surface area contributed by atoms with Gasteiger partial charge < -0.3 is 11.1 Å². The van der Waals surface area contributed by atoms with Crippen molar-refractivity contribution in [1.29, 1.82) is 0 Å². The second kappa shape index (κ2) is 4.87. The predicted molar refractivity (Wildman–Crippen MR) is 68.9 cm³/mol. The Morgan fingerprint density at radius 2 is 2.00 bits per heavy atom. The molecule has 1 aromatic heterocycles. The monoisotopic (exact) mass is 288 g/mol. The fourth-order valence-corrected chi connectivity index (χ4v) is 1.71. The molecular formula is C10H7ClF2N4S. The van der Waals surface area contributed by atoms with Gasteiger partial charge in [0.15, 0.2) is 16.7 Å². The zero-order valence-electron chi connectivity index (χ0n) is 8.82. The summed E-state index contributed by atoms with van der Waals surface area (Å²) in [7, 11) is 0. The van der Waals surface area contributed by atoms with E-state index in [2.05, 4.69) is 22.5 Å². The number of rotatable bonds is 2. The molecule has 0 fully saturated rings. The topological polar surface area (TPSA) is 55.9 Å². The summed E-state index contributed by atoms with van der Waals surface area (Å²) in [5, 5.41) is 2.51. The minimum atomic E-state index is -0.789. The zero-order valence-corrected chi connectivity index (χ0v) is 10.4. The van der Waals surface area contributed by atoms with Crippen LogP contribution in [0.1, 0.15) is 0 Å². The van der Waals surface area contributed by atoms with Gasteiger partial charge in [0.25, 0.3) is 0 Å². The second-order valence-electron chi connectivity index (χ2n) is 3.38. The summed E-state index contributed by atoms with van der Waals surface area (Å²) in [5.74, 6) is -1.58. The Balaban J connectivity index is 2.47. The van der Waals surface area contributed by atoms with Crippen molar-refractivity contribution in [2.45, 2.75) is 0 Å². The van der Waals surface area contributed by atoms with Crippen LogP contribution in [0.25, 0.3) is 5.69 Å². The molecule has 2 rings (SSSR count). The molecule has 1 aromatic carbocycles. The van der Waals surface area contributed by atoms with E-state index in [0.717, 1.165) is 16.7 Å². The van der Waals surface area contributed by atoms with Crippen LogP contribution < -0.4 is 11.1 Å². The van der Waals surface area contributed by atoms with Gasteiger partial charge in [-0.15, -0.1) is 0 Å². The van der Waals surface area contributed by atoms with E-state index in [-0.39, 0.29) is 21.6 Å². The van der Waals surface area contributed by atoms with Crippen molar-refractivity contribution >= 4 is 34.6 Å². The van der Waals surface area contributed by atoms with E-state index in [4.69, 9.17) is 17.3 Å². The van der Waals surface area contributed by atoms with Gasteiger partial charge in [-0.1, -0.05) is 11.6 Å². The maximum Gasteiger partial charge on any atom is 0.168 e. The number of nitrogens with one attached hydrogen (secondary N) is 1. The van der Waals surface area contributed by atoms with Crippen LogP contribution in [0.4, 0.5) is 14.5 Å². The number of nitrogens with zero attached hydrogens (tertiary/aromatic N) is 2. The summed E-state index contributed by atoms with van der Waals surface area (Å²) in [6, 6.07) is 2.15. The summed E-state index contributed by atoms with van der Waals surface area (Å²) in [6.07, 6.45) is 2.51. The van der Waals surface area contributed by atoms with E-state index in [1.54, 1.807) is 0 Å². The highest BCUT2D eigenvalue weighted by molar-refractivity contribution is 7.80. The molecule has 94 valence electrons. The highest BCUT2D eigenvalue weighted by Crippen LogP contribution is 2.23. The lowest BCUT2D eigenvalue weighted by molar-refractivity contribution is 0.570. The highest BCUT2D eigenvalue weighted by atomic mass is 35.5. The Bertz CT molecular complexity index is 591. The molecule has 0 amide bonds. The largest absolute Gasteiger partial charge is 0.376 e. The van der Waals surface area contributed by atoms with Crippen LogP contribution in [0.5, 0.6) is 0 Å². The van der Waals surface area contributed by atoms with E-state index in [9.17, 15) is 8.78 Å². The first-order valence-corrected chi connectivity index (χ1v) is 5.51. The van der Waals surface area contributed by atoms with Gasteiger partial charge in [-0.05, 0) is 24.4 Å². The van der Waals surface area contributed by atoms with Gasteiger partial charge in [0, 0.05) is 11.9 Å². The molecule has 0 atom stereocenters. The molecular weight excluding hydrogens is 282 g/mol. The third-order valence-corrected chi connectivity index (χ3v) is 2.39. The van der Waals surface area contributed by atoms with Gasteiger partial charge in [0.1, 0.15) is 17.2 Å². The molecule has 0 spiro atoms. The first kappa shape index (κ1) is 12.7. The number of thiocarbonyl (C=S) groups is 1. The Morgan fingerprint density at radius 3 is 2.44 bits per heavy atom. The van der Waals surface area contributed by atoms with Gasteiger partial charge in [-0.2, -0.15) is 0 Å². The molecule has 0 bridgehead atoms. The van der Waals surface area contributed by atoms with Crippen molar-refractivity contribution in [3.63, 3.8) is 0 Å². The van der Waals surface area contributed by atoms with Crippen LogP contribution in [0.15, 0.2) is 24.7 Å². The lowest BCUT2D eigenvalue weighted by atomic mass is 10.2. The van der Waals surface area contributed by atoms with Gasteiger partial charge >= 0.3 is 0 Å². The minimum Gasteiger partial charge on any atom is -0.376 e. The van der Waals surface area contributed by atoms with Gasteiger partial charge in [0.05, 0.1) is 0 Å². The normalized spacial score (nSPS) is 10.4. The SMILES string of the molecule is NC(=S)Nc1cc(F)c(-n2cnc(Cl)c2)c(F)c1. The number of hydrogen-bond acceptors (Lipinski definition) is 2. The standard InChI is InChI=1S/C10H7ClF2N4S/c11-8-3-17(4-15-8)9-6(12)1-5(2-7(9)13)16-10(14)18/h1-4H,(H3,14,16,18). The van der Waals surface area contributed by atoms with E-state index in [1.165, 1.54) is 12.5 Å². The fourth-order valence-electron chi connectivity index (χ4n) is 1.45. The second-order valence-corrected chi connectivity index (χ2v) is 4.21. The number of hydrogen-bond donors (Lipinski definition) is 2. The average molecular weight is 289 g/mol. The Labute approximate surface area is 111 Å². The van der Waals surface area contributed by atoms with E-state index < -0.39 is 11.6 Å². The van der Waals surface area contributed by atoms with Crippen molar-refractivity contribution < 1.29 is 8.78 Å². The molecule has 1 heterocycles. The molecule has 3 N–H and O–H groups in total. The molecule has 4 nitrogen and oxygen atoms in total. The molecule has 0 aliphatic heterocycles. The number of halogens is 3. The van der Waals surface area contributed by atoms with E-state index in [0.29, 0.717) is 0 Å². The molecule has 0 unspecified atom stereocenters. The van der Waals surface area contributed by atoms with Crippen molar-refractivity contribution in [2.75, 3.05) is 5.32 Å². The number of imidazole rings is 1. The summed E-state index contributed by atoms with van der Waals surface area (Å²) in [4.78, 5) is 3.68. The van der Waals surface area contributed by atoms with Crippen LogP contribution in [0, 0.1) is 11.6 Å². The molecule has 8 heteroatoms. The smallest absolute Gasteiger partial charge is 0.168 e. The van der Waals surface area contributed by atoms with Crippen LogP contribution in [0.2, 0.25) is 5.15 Å². The number of aromatic nitrogens is 2. The third-order valence-electron chi connectivity index (χ3n) is 2.09. The number of benzene rings is 1. The number of anilines is 1. The zero-order chi connectivity index (χ0) is 13.3. The van der Waals surface area contributed by atoms with Crippen molar-refractivity contribution in [1.82, 2.24) is 9.55 Å². The van der Waals surface area contributed by atoms with Crippen LogP contribution in [-0.4, -0.2) is 14.7 Å². The number of nitrogens with two attached hydrogens (primary N) is 1. The van der Waals surface area contributed by atoms with Gasteiger partial charge in [-0.25, -0.2) is 13.8 Å². The van der Waals surface area contributed by atoms with Crippen LogP contribution in [-0.2, 0) is 0 Å². The van der Waals surface area contributed by atoms with Crippen LogP contribution >= 0.6 is 23.8 Å². The summed E-state index contributed by atoms with van der Waals surface area (Å²) in [6.45, 7) is 0. The summed E-state index contributed by atoms with van der Waals surface area (Å²) < 4.78 is 28.8. The molecule has 18 heavy (non-hydrogen) atoms. The molecule has 0 aliphatic carbocycles. The molecule has 2 aromatic rings. The van der Waals surface area contributed by atoms with Gasteiger partial charge in [0.2, 0.25) is 0 Å². The molecule has 0 aliphatic rings. The molecule has 0 saturated carbocycles. The lowest BCUT2D eigenvalue weighted by Crippen LogP contribution is -2.19. The quantitative estimate of drug-likeness (QED) is 0.834. The van der Waals surface area contributed by atoms with Crippen molar-refractivity contribution in [3.05, 3.63) is 41.4 Å². The van der Waals surface area contributed by atoms with E-state index >= 15 is 0 Å². The predicted octanol–water partition coefficient (Wildman–Crippen LogP) is 2.46. The Morgan fingerprint density at radius 1 is 1.39 bits per heavy atom. The van der Waals surface area contributed by atoms with Crippen LogP contribution in [0.3, 0.4) is 0 Å². The van der Waals surface area contributed by atoms with Crippen molar-refractivity contribution in [2.24, 2.45) is 5.73 Å². The Kier molecular flexibility index (Phi) is 3.44. The Hall–Kier alpha value is -1.73. The highest BCUT2D eigenvalue weighted by Gasteiger charge is 2.13. The van der Waals surface area contributed by atoms with Crippen molar-refractivity contribution in [3.8, 4) is 5.69 Å². The molecule has 0 radical (unpaired) electrons. The summed E-state index contributed by atoms with van der Waals surface area (Å²) >= 11 is 10.2. The first-order chi connectivity index (χ1) is 8.47. The fraction of sp³-hybridized carbons (Fsp3) is 0. The minimum absolute atomic E-state index is 0.0766.